The number of thiophene rings is 1. The molecule has 0 amide bonds. The van der Waals surface area contributed by atoms with E-state index in [0.29, 0.717) is 0 Å². The fraction of sp³-hybridized carbons (Fsp3) is 0.0741. The lowest BCUT2D eigenvalue weighted by Gasteiger charge is -2.16. The summed E-state index contributed by atoms with van der Waals surface area (Å²) >= 11 is 1.88. The molecule has 1 heterocycles. The van der Waals surface area contributed by atoms with Crippen LogP contribution in [0.3, 0.4) is 0 Å². The highest BCUT2D eigenvalue weighted by atomic mass is 32.1. The average molecular weight is 738 g/mol. The number of rotatable bonds is 12. The van der Waals surface area contributed by atoms with Gasteiger partial charge in [0.05, 0.1) is 0 Å². The number of benzene rings is 8. The molecule has 0 saturated heterocycles. The summed E-state index contributed by atoms with van der Waals surface area (Å²) in [5, 5.41) is 6.49. The van der Waals surface area contributed by atoms with Gasteiger partial charge in [-0.2, -0.15) is 0 Å². The normalized spacial score (nSPS) is 11.6. The molecule has 1 N–H and O–H groups in total. The minimum Gasteiger partial charge on any atom is -0.355 e. The molecule has 9 rings (SSSR count). The van der Waals surface area contributed by atoms with Crippen molar-refractivity contribution in [1.82, 2.24) is 0 Å². The predicted octanol–water partition coefficient (Wildman–Crippen LogP) is 15.4. The van der Waals surface area contributed by atoms with Gasteiger partial charge < -0.3 is 5.32 Å². The maximum atomic E-state index is 3.84. The van der Waals surface area contributed by atoms with Gasteiger partial charge in [-0.1, -0.05) is 182 Å². The summed E-state index contributed by atoms with van der Waals surface area (Å²) in [4.78, 5) is 0. The summed E-state index contributed by atoms with van der Waals surface area (Å²) in [6, 6.07) is 72.5. The Balaban J connectivity index is 1.03. The smallest absolute Gasteiger partial charge is 0.0464 e. The Labute approximate surface area is 334 Å². The average Bonchev–Trinajstić information content (AvgIpc) is 3.64. The second-order valence-electron chi connectivity index (χ2n) is 14.5. The zero-order valence-corrected chi connectivity index (χ0v) is 32.2. The lowest BCUT2D eigenvalue weighted by molar-refractivity contribution is 0.797. The van der Waals surface area contributed by atoms with E-state index in [1.807, 2.05) is 11.3 Å². The Morgan fingerprint density at radius 2 is 1.12 bits per heavy atom. The molecular weight excluding hydrogens is 695 g/mol. The second-order valence-corrected chi connectivity index (χ2v) is 15.6. The van der Waals surface area contributed by atoms with Crippen molar-refractivity contribution in [2.45, 2.75) is 25.7 Å². The highest BCUT2D eigenvalue weighted by molar-refractivity contribution is 7.26. The zero-order chi connectivity index (χ0) is 37.5. The quantitative estimate of drug-likeness (QED) is 0.132. The number of fused-ring (bicyclic) bond motifs is 3. The van der Waals surface area contributed by atoms with Crippen LogP contribution in [0.15, 0.2) is 206 Å². The minimum atomic E-state index is 0.950. The summed E-state index contributed by atoms with van der Waals surface area (Å²) in [6.07, 6.45) is 6.61. The highest BCUT2D eigenvalue weighted by Gasteiger charge is 2.13. The summed E-state index contributed by atoms with van der Waals surface area (Å²) in [5.74, 6) is 0. The molecular formula is C54H43NS. The standard InChI is InChI=1S/C54H43NS/c1-4-15-39(16-5-1)19-12-20-41(35-40-17-6-2-7-18-40)36-42-21-13-24-47(37-42)55-52-34-33-46(43-22-8-3-9-23-43)38-51(52)45-31-29-44(30-32-45)48-26-14-27-50-49-25-10-11-28-53(49)56-54(48)50/h1-11,13-18,21-34,36-38,55H,12,19-20,35H2/b41-36-. The van der Waals surface area contributed by atoms with Gasteiger partial charge in [-0.15, -0.1) is 11.3 Å². The van der Waals surface area contributed by atoms with E-state index in [0.717, 1.165) is 37.1 Å². The molecule has 0 bridgehead atoms. The van der Waals surface area contributed by atoms with Gasteiger partial charge in [0.2, 0.25) is 0 Å². The van der Waals surface area contributed by atoms with Crippen molar-refractivity contribution in [2.75, 3.05) is 5.32 Å². The van der Waals surface area contributed by atoms with Crippen molar-refractivity contribution in [1.29, 1.82) is 0 Å². The number of nitrogens with one attached hydrogen (secondary N) is 1. The van der Waals surface area contributed by atoms with Gasteiger partial charge >= 0.3 is 0 Å². The van der Waals surface area contributed by atoms with Gasteiger partial charge in [0, 0.05) is 37.1 Å². The Bertz CT molecular complexity index is 2740. The Morgan fingerprint density at radius 3 is 1.91 bits per heavy atom. The third kappa shape index (κ3) is 7.98. The fourth-order valence-electron chi connectivity index (χ4n) is 7.84. The van der Waals surface area contributed by atoms with Crippen molar-refractivity contribution in [3.63, 3.8) is 0 Å². The number of hydrogen-bond donors (Lipinski definition) is 1. The Hall–Kier alpha value is -6.48. The first-order chi connectivity index (χ1) is 27.7. The molecule has 1 aromatic heterocycles. The van der Waals surface area contributed by atoms with E-state index >= 15 is 0 Å². The first-order valence-electron chi connectivity index (χ1n) is 19.6. The van der Waals surface area contributed by atoms with Gasteiger partial charge in [0.1, 0.15) is 0 Å². The zero-order valence-electron chi connectivity index (χ0n) is 31.4. The molecule has 9 aromatic rings. The molecule has 0 unspecified atom stereocenters. The fourth-order valence-corrected chi connectivity index (χ4v) is 9.08. The molecule has 2 heteroatoms. The first-order valence-corrected chi connectivity index (χ1v) is 20.4. The highest BCUT2D eigenvalue weighted by Crippen LogP contribution is 2.41. The van der Waals surface area contributed by atoms with Crippen LogP contribution in [0.5, 0.6) is 0 Å². The molecule has 0 atom stereocenters. The summed E-state index contributed by atoms with van der Waals surface area (Å²) in [5.41, 5.74) is 14.8. The van der Waals surface area contributed by atoms with E-state index in [9.17, 15) is 0 Å². The number of hydrogen-bond acceptors (Lipinski definition) is 2. The van der Waals surface area contributed by atoms with Crippen LogP contribution < -0.4 is 5.32 Å². The molecule has 0 fully saturated rings. The lowest BCUT2D eigenvalue weighted by atomic mass is 9.95. The van der Waals surface area contributed by atoms with Crippen LogP contribution in [-0.2, 0) is 12.8 Å². The van der Waals surface area contributed by atoms with Crippen LogP contribution >= 0.6 is 11.3 Å². The second kappa shape index (κ2) is 16.5. The van der Waals surface area contributed by atoms with Crippen LogP contribution in [0.4, 0.5) is 11.4 Å². The van der Waals surface area contributed by atoms with E-state index in [4.69, 9.17) is 0 Å². The number of aryl methyl sites for hydroxylation is 1. The van der Waals surface area contributed by atoms with E-state index in [1.165, 1.54) is 75.8 Å². The molecule has 0 saturated carbocycles. The molecule has 0 spiro atoms. The van der Waals surface area contributed by atoms with Gasteiger partial charge in [-0.25, -0.2) is 0 Å². The summed E-state index contributed by atoms with van der Waals surface area (Å²) < 4.78 is 2.67. The van der Waals surface area contributed by atoms with Crippen LogP contribution in [-0.4, -0.2) is 0 Å². The maximum absolute atomic E-state index is 3.84. The molecule has 0 aliphatic heterocycles. The topological polar surface area (TPSA) is 12.0 Å². The van der Waals surface area contributed by atoms with Gasteiger partial charge in [-0.3, -0.25) is 0 Å². The van der Waals surface area contributed by atoms with Crippen LogP contribution in [0.25, 0.3) is 59.6 Å². The Morgan fingerprint density at radius 1 is 0.482 bits per heavy atom. The van der Waals surface area contributed by atoms with E-state index in [-0.39, 0.29) is 0 Å². The SMILES string of the molecule is C(=C(\CCCc1ccccc1)Cc1ccccc1)/c1cccc(Nc2ccc(-c3ccccc3)cc2-c2ccc(-c3cccc4c3sc3ccccc34)cc2)c1. The van der Waals surface area contributed by atoms with Crippen LogP contribution in [0.2, 0.25) is 0 Å². The lowest BCUT2D eigenvalue weighted by Crippen LogP contribution is -1.96. The maximum Gasteiger partial charge on any atom is 0.0464 e. The van der Waals surface area contributed by atoms with Gasteiger partial charge in [0.25, 0.3) is 0 Å². The minimum absolute atomic E-state index is 0.950. The van der Waals surface area contributed by atoms with E-state index in [2.05, 4.69) is 212 Å². The largest absolute Gasteiger partial charge is 0.355 e. The van der Waals surface area contributed by atoms with Gasteiger partial charge in [0.15, 0.2) is 0 Å². The van der Waals surface area contributed by atoms with Crippen molar-refractivity contribution in [2.24, 2.45) is 0 Å². The van der Waals surface area contributed by atoms with Crippen LogP contribution in [0.1, 0.15) is 29.5 Å². The number of allylic oxidation sites excluding steroid dienone is 1. The first kappa shape index (κ1) is 35.2. The third-order valence-electron chi connectivity index (χ3n) is 10.7. The molecule has 270 valence electrons. The third-order valence-corrected chi connectivity index (χ3v) is 11.9. The summed E-state index contributed by atoms with van der Waals surface area (Å²) in [6.45, 7) is 0. The van der Waals surface area contributed by atoms with E-state index in [1.54, 1.807) is 0 Å². The van der Waals surface area contributed by atoms with Crippen LogP contribution in [0, 0.1) is 0 Å². The molecule has 8 aromatic carbocycles. The van der Waals surface area contributed by atoms with Crippen molar-refractivity contribution in [3.8, 4) is 33.4 Å². The van der Waals surface area contributed by atoms with Gasteiger partial charge in [-0.05, 0) is 101 Å². The Kier molecular flexibility index (Phi) is 10.4. The number of anilines is 2. The van der Waals surface area contributed by atoms with Crippen molar-refractivity contribution in [3.05, 3.63) is 222 Å². The molecule has 0 radical (unpaired) electrons. The monoisotopic (exact) mass is 737 g/mol. The van der Waals surface area contributed by atoms with E-state index < -0.39 is 0 Å². The predicted molar refractivity (Wildman–Crippen MR) is 243 cm³/mol. The molecule has 1 nitrogen and oxygen atoms in total. The summed E-state index contributed by atoms with van der Waals surface area (Å²) in [7, 11) is 0. The molecule has 0 aliphatic carbocycles. The molecule has 0 aliphatic rings. The van der Waals surface area contributed by atoms with Crippen molar-refractivity contribution >= 4 is 49.0 Å². The van der Waals surface area contributed by atoms with Crippen molar-refractivity contribution < 1.29 is 0 Å². The molecule has 56 heavy (non-hydrogen) atoms.